The molecule has 3 aromatic rings. The summed E-state index contributed by atoms with van der Waals surface area (Å²) in [5.74, 6) is 1.81. The van der Waals surface area contributed by atoms with E-state index < -0.39 is 0 Å². The summed E-state index contributed by atoms with van der Waals surface area (Å²) in [5.41, 5.74) is 3.87. The van der Waals surface area contributed by atoms with Crippen LogP contribution >= 0.6 is 0 Å². The lowest BCUT2D eigenvalue weighted by atomic mass is 9.81. The average molecular weight is 444 g/mol. The van der Waals surface area contributed by atoms with Crippen molar-refractivity contribution in [3.8, 4) is 5.75 Å². The molecule has 3 heteroatoms. The number of rotatable bonds is 10. The molecule has 0 aliphatic heterocycles. The number of nitrogens with zero attached hydrogens (tertiary/aromatic N) is 1. The zero-order chi connectivity index (χ0) is 22.9. The van der Waals surface area contributed by atoms with Crippen molar-refractivity contribution >= 4 is 0 Å². The quantitative estimate of drug-likeness (QED) is 0.394. The highest BCUT2D eigenvalue weighted by atomic mass is 16.5. The molecule has 33 heavy (non-hydrogen) atoms. The van der Waals surface area contributed by atoms with Crippen LogP contribution in [0.2, 0.25) is 0 Å². The number of benzene rings is 3. The number of hydrogen-bond acceptors (Lipinski definition) is 3. The molecule has 0 radical (unpaired) electrons. The Balaban J connectivity index is 1.22. The Morgan fingerprint density at radius 1 is 0.848 bits per heavy atom. The number of hydrogen-bond donors (Lipinski definition) is 1. The van der Waals surface area contributed by atoms with Gasteiger partial charge >= 0.3 is 0 Å². The van der Waals surface area contributed by atoms with Crippen LogP contribution in [0.25, 0.3) is 0 Å². The molecule has 1 saturated carbocycles. The van der Waals surface area contributed by atoms with Crippen molar-refractivity contribution in [2.24, 2.45) is 0 Å². The SMILES string of the molecule is CN(CCC(CO)c1ccccc1)C1CCC(c2ccc(OCc3ccccc3)cc2)CC1. The van der Waals surface area contributed by atoms with Gasteiger partial charge in [-0.25, -0.2) is 0 Å². The molecule has 1 unspecified atom stereocenters. The minimum atomic E-state index is 0.218. The van der Waals surface area contributed by atoms with Crippen molar-refractivity contribution in [2.45, 2.75) is 56.6 Å². The second kappa shape index (κ2) is 12.0. The van der Waals surface area contributed by atoms with E-state index in [1.54, 1.807) is 0 Å². The van der Waals surface area contributed by atoms with Crippen LogP contribution in [0.15, 0.2) is 84.9 Å². The standard InChI is InChI=1S/C30H37NO2/c1-31(21-20-28(22-32)25-10-6-3-7-11-25)29-16-12-26(13-17-29)27-14-18-30(19-15-27)33-23-24-8-4-2-5-9-24/h2-11,14-15,18-19,26,28-29,32H,12-13,16-17,20-23H2,1H3. The van der Waals surface area contributed by atoms with Gasteiger partial charge in [0, 0.05) is 18.6 Å². The van der Waals surface area contributed by atoms with E-state index in [1.165, 1.54) is 42.4 Å². The number of aliphatic hydroxyl groups excluding tert-OH is 1. The molecule has 0 aromatic heterocycles. The van der Waals surface area contributed by atoms with E-state index >= 15 is 0 Å². The van der Waals surface area contributed by atoms with Gasteiger partial charge in [-0.05, 0) is 80.4 Å². The zero-order valence-electron chi connectivity index (χ0n) is 19.8. The van der Waals surface area contributed by atoms with Crippen LogP contribution in [0, 0.1) is 0 Å². The van der Waals surface area contributed by atoms with Crippen molar-refractivity contribution < 1.29 is 9.84 Å². The first-order valence-corrected chi connectivity index (χ1v) is 12.4. The maximum Gasteiger partial charge on any atom is 0.119 e. The van der Waals surface area contributed by atoms with E-state index in [0.29, 0.717) is 18.6 Å². The summed E-state index contributed by atoms with van der Waals surface area (Å²) in [6.45, 7) is 1.86. The lowest BCUT2D eigenvalue weighted by molar-refractivity contribution is 0.168. The van der Waals surface area contributed by atoms with E-state index in [4.69, 9.17) is 4.74 Å². The molecule has 1 aliphatic rings. The van der Waals surface area contributed by atoms with Crippen LogP contribution in [0.5, 0.6) is 5.75 Å². The minimum absolute atomic E-state index is 0.218. The summed E-state index contributed by atoms with van der Waals surface area (Å²) in [7, 11) is 2.25. The van der Waals surface area contributed by atoms with Crippen LogP contribution in [0.1, 0.15) is 60.6 Å². The van der Waals surface area contributed by atoms with Gasteiger partial charge in [0.15, 0.2) is 0 Å². The molecule has 3 nitrogen and oxygen atoms in total. The van der Waals surface area contributed by atoms with Gasteiger partial charge in [-0.1, -0.05) is 72.8 Å². The lowest BCUT2D eigenvalue weighted by Crippen LogP contribution is -2.36. The van der Waals surface area contributed by atoms with E-state index in [9.17, 15) is 5.11 Å². The highest BCUT2D eigenvalue weighted by molar-refractivity contribution is 5.30. The Labute approximate surface area is 199 Å². The van der Waals surface area contributed by atoms with Crippen molar-refractivity contribution in [3.63, 3.8) is 0 Å². The van der Waals surface area contributed by atoms with E-state index in [2.05, 4.69) is 72.6 Å². The molecule has 3 aromatic carbocycles. The zero-order valence-corrected chi connectivity index (χ0v) is 19.8. The maximum atomic E-state index is 9.85. The van der Waals surface area contributed by atoms with E-state index in [0.717, 1.165) is 18.7 Å². The fourth-order valence-electron chi connectivity index (χ4n) is 5.06. The van der Waals surface area contributed by atoms with Gasteiger partial charge in [0.25, 0.3) is 0 Å². The van der Waals surface area contributed by atoms with Crippen LogP contribution in [-0.2, 0) is 6.61 Å². The first-order chi connectivity index (χ1) is 16.2. The van der Waals surface area contributed by atoms with Crippen LogP contribution < -0.4 is 4.74 Å². The third-order valence-corrected chi connectivity index (χ3v) is 7.24. The van der Waals surface area contributed by atoms with Gasteiger partial charge in [-0.2, -0.15) is 0 Å². The van der Waals surface area contributed by atoms with Crippen molar-refractivity contribution in [2.75, 3.05) is 20.2 Å². The van der Waals surface area contributed by atoms with Crippen LogP contribution in [-0.4, -0.2) is 36.2 Å². The predicted octanol–water partition coefficient (Wildman–Crippen LogP) is 6.39. The Kier molecular flexibility index (Phi) is 8.57. The number of aliphatic hydroxyl groups is 1. The molecule has 174 valence electrons. The average Bonchev–Trinajstić information content (AvgIpc) is 2.89. The van der Waals surface area contributed by atoms with Gasteiger partial charge in [0.2, 0.25) is 0 Å². The summed E-state index contributed by atoms with van der Waals surface area (Å²) in [6.07, 6.45) is 5.95. The first-order valence-electron chi connectivity index (χ1n) is 12.4. The van der Waals surface area contributed by atoms with Gasteiger partial charge in [0.05, 0.1) is 0 Å². The monoisotopic (exact) mass is 443 g/mol. The normalized spacial score (nSPS) is 19.4. The smallest absolute Gasteiger partial charge is 0.119 e. The molecule has 0 bridgehead atoms. The van der Waals surface area contributed by atoms with Gasteiger partial charge < -0.3 is 14.7 Å². The molecule has 4 rings (SSSR count). The number of ether oxygens (including phenoxy) is 1. The van der Waals surface area contributed by atoms with Gasteiger partial charge in [0.1, 0.15) is 12.4 Å². The van der Waals surface area contributed by atoms with Crippen LogP contribution in [0.3, 0.4) is 0 Å². The Hall–Kier alpha value is -2.62. The summed E-state index contributed by atoms with van der Waals surface area (Å²) in [5, 5.41) is 9.85. The molecule has 0 saturated heterocycles. The third-order valence-electron chi connectivity index (χ3n) is 7.24. The Morgan fingerprint density at radius 2 is 1.48 bits per heavy atom. The summed E-state index contributed by atoms with van der Waals surface area (Å²) < 4.78 is 5.95. The highest BCUT2D eigenvalue weighted by Gasteiger charge is 2.25. The molecular weight excluding hydrogens is 406 g/mol. The third kappa shape index (κ3) is 6.69. The molecule has 0 spiro atoms. The predicted molar refractivity (Wildman–Crippen MR) is 136 cm³/mol. The Bertz CT molecular complexity index is 934. The van der Waals surface area contributed by atoms with Gasteiger partial charge in [-0.3, -0.25) is 0 Å². The molecule has 0 amide bonds. The van der Waals surface area contributed by atoms with Crippen molar-refractivity contribution in [1.29, 1.82) is 0 Å². The fraction of sp³-hybridized carbons (Fsp3) is 0.400. The Morgan fingerprint density at radius 3 is 2.12 bits per heavy atom. The topological polar surface area (TPSA) is 32.7 Å². The largest absolute Gasteiger partial charge is 0.489 e. The highest BCUT2D eigenvalue weighted by Crippen LogP contribution is 2.35. The first kappa shape index (κ1) is 23.5. The molecule has 0 heterocycles. The van der Waals surface area contributed by atoms with E-state index in [-0.39, 0.29) is 12.5 Å². The second-order valence-corrected chi connectivity index (χ2v) is 9.41. The molecule has 1 aliphatic carbocycles. The summed E-state index contributed by atoms with van der Waals surface area (Å²) in [6, 6.07) is 30.1. The summed E-state index contributed by atoms with van der Waals surface area (Å²) in [4.78, 5) is 2.52. The second-order valence-electron chi connectivity index (χ2n) is 9.41. The van der Waals surface area contributed by atoms with Crippen LogP contribution in [0.4, 0.5) is 0 Å². The van der Waals surface area contributed by atoms with Crippen molar-refractivity contribution in [3.05, 3.63) is 102 Å². The van der Waals surface area contributed by atoms with Crippen molar-refractivity contribution in [1.82, 2.24) is 4.90 Å². The fourth-order valence-corrected chi connectivity index (χ4v) is 5.06. The maximum absolute atomic E-state index is 9.85. The minimum Gasteiger partial charge on any atom is -0.489 e. The summed E-state index contributed by atoms with van der Waals surface area (Å²) >= 11 is 0. The van der Waals surface area contributed by atoms with E-state index in [1.807, 2.05) is 24.3 Å². The molecule has 1 N–H and O–H groups in total. The molecule has 1 atom stereocenters. The lowest BCUT2D eigenvalue weighted by Gasteiger charge is -2.35. The molecule has 1 fully saturated rings. The van der Waals surface area contributed by atoms with Gasteiger partial charge in [-0.15, -0.1) is 0 Å². The molecular formula is C30H37NO2.